The maximum Gasteiger partial charge on any atom is 0.410 e. The fraction of sp³-hybridized carbons (Fsp3) is 0.259. The van der Waals surface area contributed by atoms with E-state index in [1.807, 2.05) is 49.4 Å². The van der Waals surface area contributed by atoms with E-state index in [4.69, 9.17) is 22.1 Å². The van der Waals surface area contributed by atoms with Crippen LogP contribution in [0.1, 0.15) is 23.6 Å². The zero-order valence-electron chi connectivity index (χ0n) is 19.7. The molecule has 6 nitrogen and oxygen atoms in total. The van der Waals surface area contributed by atoms with E-state index in [0.29, 0.717) is 23.4 Å². The van der Waals surface area contributed by atoms with Crippen molar-refractivity contribution in [1.82, 2.24) is 4.90 Å². The van der Waals surface area contributed by atoms with Crippen LogP contribution < -0.4 is 10.2 Å². The van der Waals surface area contributed by atoms with E-state index < -0.39 is 6.09 Å². The van der Waals surface area contributed by atoms with E-state index in [9.17, 15) is 9.59 Å². The first-order valence-electron chi connectivity index (χ1n) is 11.0. The highest BCUT2D eigenvalue weighted by atomic mass is 16.5. The Bertz CT molecular complexity index is 1120. The molecule has 0 fully saturated rings. The fourth-order valence-electron chi connectivity index (χ4n) is 3.67. The van der Waals surface area contributed by atoms with Gasteiger partial charge in [0.1, 0.15) is 19.3 Å². The molecule has 0 aliphatic rings. The lowest BCUT2D eigenvalue weighted by molar-refractivity contribution is -0.139. The Morgan fingerprint density at radius 1 is 0.912 bits per heavy atom. The minimum absolute atomic E-state index is 0.132. The van der Waals surface area contributed by atoms with Crippen molar-refractivity contribution in [3.63, 3.8) is 0 Å². The van der Waals surface area contributed by atoms with Gasteiger partial charge in [0.25, 0.3) is 0 Å². The van der Waals surface area contributed by atoms with Crippen molar-refractivity contribution in [2.45, 2.75) is 32.4 Å². The molecule has 7 heteroatoms. The molecule has 3 aromatic carbocycles. The Labute approximate surface area is 201 Å². The Morgan fingerprint density at radius 2 is 1.65 bits per heavy atom. The molecular formula is C27H28BNO5. The van der Waals surface area contributed by atoms with Crippen molar-refractivity contribution in [3.8, 4) is 11.5 Å². The zero-order valence-corrected chi connectivity index (χ0v) is 19.7. The van der Waals surface area contributed by atoms with Crippen molar-refractivity contribution < 1.29 is 23.8 Å². The first-order chi connectivity index (χ1) is 16.4. The summed E-state index contributed by atoms with van der Waals surface area (Å²) in [6.45, 7) is 2.23. The Hall–Kier alpha value is -3.74. The molecule has 3 rings (SSSR count). The number of methoxy groups -OCH3 is 2. The first kappa shape index (κ1) is 24.9. The number of rotatable bonds is 9. The summed E-state index contributed by atoms with van der Waals surface area (Å²) in [4.78, 5) is 25.9. The van der Waals surface area contributed by atoms with E-state index >= 15 is 0 Å². The van der Waals surface area contributed by atoms with Crippen LogP contribution in [0.15, 0.2) is 72.8 Å². The molecule has 0 aliphatic heterocycles. The summed E-state index contributed by atoms with van der Waals surface area (Å²) in [5.41, 5.74) is 3.19. The number of nitrogens with zero attached hydrogens (tertiary/aromatic N) is 1. The molecule has 2 radical (unpaired) electrons. The molecule has 1 amide bonds. The van der Waals surface area contributed by atoms with E-state index in [1.165, 1.54) is 14.2 Å². The number of esters is 1. The van der Waals surface area contributed by atoms with Crippen LogP contribution in [0.25, 0.3) is 0 Å². The highest BCUT2D eigenvalue weighted by Crippen LogP contribution is 2.27. The molecule has 174 valence electrons. The van der Waals surface area contributed by atoms with Gasteiger partial charge in [0.2, 0.25) is 0 Å². The molecule has 0 saturated carbocycles. The second-order valence-electron chi connectivity index (χ2n) is 8.01. The summed E-state index contributed by atoms with van der Waals surface area (Å²) in [6, 6.07) is 22.4. The third-order valence-corrected chi connectivity index (χ3v) is 5.44. The van der Waals surface area contributed by atoms with Gasteiger partial charge >= 0.3 is 12.1 Å². The van der Waals surface area contributed by atoms with Gasteiger partial charge in [0, 0.05) is 11.6 Å². The highest BCUT2D eigenvalue weighted by Gasteiger charge is 2.23. The lowest BCUT2D eigenvalue weighted by Gasteiger charge is -2.29. The van der Waals surface area contributed by atoms with Gasteiger partial charge in [-0.3, -0.25) is 4.79 Å². The molecule has 0 bridgehead atoms. The molecule has 0 aromatic heterocycles. The van der Waals surface area contributed by atoms with E-state index in [2.05, 4.69) is 0 Å². The molecule has 1 atom stereocenters. The summed E-state index contributed by atoms with van der Waals surface area (Å²) in [5.74, 6) is 0.797. The number of hydrogen-bond acceptors (Lipinski definition) is 5. The fourth-order valence-corrected chi connectivity index (χ4v) is 3.67. The zero-order chi connectivity index (χ0) is 24.5. The Balaban J connectivity index is 1.84. The summed E-state index contributed by atoms with van der Waals surface area (Å²) < 4.78 is 16.0. The van der Waals surface area contributed by atoms with Crippen LogP contribution in [0.3, 0.4) is 0 Å². The van der Waals surface area contributed by atoms with Gasteiger partial charge in [-0.2, -0.15) is 0 Å². The summed E-state index contributed by atoms with van der Waals surface area (Å²) >= 11 is 0. The Morgan fingerprint density at radius 3 is 2.35 bits per heavy atom. The Kier molecular flexibility index (Phi) is 8.74. The average molecular weight is 457 g/mol. The monoisotopic (exact) mass is 457 g/mol. The minimum Gasteiger partial charge on any atom is -0.469 e. The topological polar surface area (TPSA) is 65.1 Å². The van der Waals surface area contributed by atoms with Gasteiger partial charge < -0.3 is 19.1 Å². The van der Waals surface area contributed by atoms with Crippen molar-refractivity contribution in [3.05, 3.63) is 89.5 Å². The van der Waals surface area contributed by atoms with Crippen LogP contribution in [-0.4, -0.2) is 45.1 Å². The van der Waals surface area contributed by atoms with Gasteiger partial charge in [-0.25, -0.2) is 4.79 Å². The average Bonchev–Trinajstić information content (AvgIpc) is 2.84. The van der Waals surface area contributed by atoms with Crippen molar-refractivity contribution in [1.29, 1.82) is 0 Å². The van der Waals surface area contributed by atoms with Gasteiger partial charge in [-0.05, 0) is 42.7 Å². The molecule has 0 N–H and O–H groups in total. The van der Waals surface area contributed by atoms with Crippen LogP contribution in [0, 0.1) is 0 Å². The van der Waals surface area contributed by atoms with Gasteiger partial charge in [0.15, 0.2) is 0 Å². The number of ether oxygens (including phenoxy) is 3. The van der Waals surface area contributed by atoms with Crippen molar-refractivity contribution in [2.75, 3.05) is 14.2 Å². The lowest BCUT2D eigenvalue weighted by atomic mass is 9.93. The second-order valence-corrected chi connectivity index (χ2v) is 8.01. The number of amides is 1. The smallest absolute Gasteiger partial charge is 0.410 e. The van der Waals surface area contributed by atoms with E-state index in [1.54, 1.807) is 35.2 Å². The molecule has 0 unspecified atom stereocenters. The lowest BCUT2D eigenvalue weighted by Crippen LogP contribution is -2.39. The van der Waals surface area contributed by atoms with Crippen LogP contribution in [-0.2, 0) is 33.7 Å². The summed E-state index contributed by atoms with van der Waals surface area (Å²) in [5, 5.41) is 0. The second kappa shape index (κ2) is 11.9. The standard InChI is InChI=1S/C27H28BNO5/c1-19(14-20-8-5-4-6-9-20)29(27(31)33-3)18-22-17-23(28)12-13-25(22)34-24-11-7-10-21(15-24)16-26(30)32-2/h4-13,15,17,19H,14,16,18H2,1-3H3/t19-/m0/s1. The molecule has 3 aromatic rings. The normalized spacial score (nSPS) is 11.4. The van der Waals surface area contributed by atoms with Crippen LogP contribution in [0.4, 0.5) is 4.79 Å². The molecule has 0 spiro atoms. The third kappa shape index (κ3) is 6.88. The predicted octanol–water partition coefficient (Wildman–Crippen LogP) is 4.19. The summed E-state index contributed by atoms with van der Waals surface area (Å²) in [7, 11) is 8.78. The number of carbonyl (C=O) groups is 2. The van der Waals surface area contributed by atoms with E-state index in [-0.39, 0.29) is 25.0 Å². The molecule has 0 saturated heterocycles. The van der Waals surface area contributed by atoms with Crippen molar-refractivity contribution >= 4 is 25.4 Å². The number of benzene rings is 3. The summed E-state index contributed by atoms with van der Waals surface area (Å²) in [6.07, 6.45) is 0.385. The molecule has 34 heavy (non-hydrogen) atoms. The third-order valence-electron chi connectivity index (χ3n) is 5.44. The first-order valence-corrected chi connectivity index (χ1v) is 11.0. The molecule has 0 heterocycles. The van der Waals surface area contributed by atoms with Crippen LogP contribution >= 0.6 is 0 Å². The SMILES string of the molecule is [B]c1ccc(Oc2cccc(CC(=O)OC)c2)c(CN(C(=O)OC)[C@@H](C)Cc2ccccc2)c1. The van der Waals surface area contributed by atoms with Gasteiger partial charge in [-0.1, -0.05) is 60.1 Å². The van der Waals surface area contributed by atoms with E-state index in [0.717, 1.165) is 16.7 Å². The van der Waals surface area contributed by atoms with Gasteiger partial charge in [-0.15, -0.1) is 0 Å². The quantitative estimate of drug-likeness (QED) is 0.356. The predicted molar refractivity (Wildman–Crippen MR) is 132 cm³/mol. The van der Waals surface area contributed by atoms with Gasteiger partial charge in [0.05, 0.1) is 27.2 Å². The van der Waals surface area contributed by atoms with Crippen LogP contribution in [0.2, 0.25) is 0 Å². The molecule has 0 aliphatic carbocycles. The maximum atomic E-state index is 12.7. The number of carbonyl (C=O) groups excluding carboxylic acids is 2. The number of hydrogen-bond donors (Lipinski definition) is 0. The largest absolute Gasteiger partial charge is 0.469 e. The highest BCUT2D eigenvalue weighted by molar-refractivity contribution is 6.32. The van der Waals surface area contributed by atoms with Crippen molar-refractivity contribution in [2.24, 2.45) is 0 Å². The maximum absolute atomic E-state index is 12.7. The van der Waals surface area contributed by atoms with Crippen LogP contribution in [0.5, 0.6) is 11.5 Å². The molecular weight excluding hydrogens is 429 g/mol. The minimum atomic E-state index is -0.433.